The van der Waals surface area contributed by atoms with E-state index in [9.17, 15) is 9.90 Å². The minimum atomic E-state index is -0.321. The van der Waals surface area contributed by atoms with Crippen LogP contribution in [0.1, 0.15) is 5.69 Å². The summed E-state index contributed by atoms with van der Waals surface area (Å²) in [4.78, 5) is 15.6. The lowest BCUT2D eigenvalue weighted by atomic mass is 10.2. The zero-order valence-corrected chi connectivity index (χ0v) is 12.6. The fourth-order valence-corrected chi connectivity index (χ4v) is 2.93. The SMILES string of the molecule is O=c1cc2n(cc1O)CCN(CCn1nc3ccccc3n1)C2. The van der Waals surface area contributed by atoms with Crippen LogP contribution < -0.4 is 5.43 Å². The zero-order valence-electron chi connectivity index (χ0n) is 12.6. The average molecular weight is 311 g/mol. The molecule has 3 heterocycles. The van der Waals surface area contributed by atoms with Gasteiger partial charge >= 0.3 is 0 Å². The number of rotatable bonds is 3. The molecule has 0 aliphatic carbocycles. The van der Waals surface area contributed by atoms with Gasteiger partial charge in [0, 0.05) is 37.9 Å². The second-order valence-corrected chi connectivity index (χ2v) is 5.77. The smallest absolute Gasteiger partial charge is 0.223 e. The average Bonchev–Trinajstić information content (AvgIpc) is 2.97. The van der Waals surface area contributed by atoms with E-state index in [1.165, 1.54) is 12.3 Å². The quantitative estimate of drug-likeness (QED) is 0.775. The highest BCUT2D eigenvalue weighted by atomic mass is 16.3. The molecular weight excluding hydrogens is 294 g/mol. The predicted molar refractivity (Wildman–Crippen MR) is 85.2 cm³/mol. The van der Waals surface area contributed by atoms with Crippen LogP contribution in [0.5, 0.6) is 5.75 Å². The van der Waals surface area contributed by atoms with Gasteiger partial charge in [-0.2, -0.15) is 15.0 Å². The van der Waals surface area contributed by atoms with Gasteiger partial charge in [0.1, 0.15) is 11.0 Å². The topological polar surface area (TPSA) is 76.2 Å². The Balaban J connectivity index is 1.45. The van der Waals surface area contributed by atoms with E-state index in [4.69, 9.17) is 0 Å². The van der Waals surface area contributed by atoms with Crippen molar-refractivity contribution in [1.29, 1.82) is 0 Å². The van der Waals surface area contributed by atoms with Crippen molar-refractivity contribution in [2.75, 3.05) is 13.1 Å². The third-order valence-electron chi connectivity index (χ3n) is 4.18. The van der Waals surface area contributed by atoms with Gasteiger partial charge in [0.25, 0.3) is 0 Å². The van der Waals surface area contributed by atoms with Gasteiger partial charge in [0.2, 0.25) is 5.43 Å². The largest absolute Gasteiger partial charge is 0.503 e. The standard InChI is InChI=1S/C16H17N5O2/c22-15-9-12-10-19(5-7-20(12)11-16(15)23)6-8-21-17-13-3-1-2-4-14(13)18-21/h1-4,9,11,23H,5-8,10H2. The van der Waals surface area contributed by atoms with Gasteiger partial charge in [-0.05, 0) is 12.1 Å². The van der Waals surface area contributed by atoms with Crippen molar-refractivity contribution in [3.05, 3.63) is 52.4 Å². The number of hydrogen-bond acceptors (Lipinski definition) is 5. The van der Waals surface area contributed by atoms with Gasteiger partial charge in [-0.15, -0.1) is 0 Å². The molecule has 2 aromatic heterocycles. The molecule has 118 valence electrons. The molecule has 1 aliphatic rings. The summed E-state index contributed by atoms with van der Waals surface area (Å²) in [5, 5.41) is 18.4. The van der Waals surface area contributed by atoms with E-state index in [0.29, 0.717) is 13.1 Å². The van der Waals surface area contributed by atoms with Crippen LogP contribution in [-0.2, 0) is 19.6 Å². The number of hydrogen-bond donors (Lipinski definition) is 1. The van der Waals surface area contributed by atoms with E-state index in [2.05, 4.69) is 15.1 Å². The molecule has 23 heavy (non-hydrogen) atoms. The Labute approximate surface area is 132 Å². The maximum Gasteiger partial charge on any atom is 0.223 e. The molecule has 0 fully saturated rings. The molecule has 1 aliphatic heterocycles. The third kappa shape index (κ3) is 2.70. The first-order valence-corrected chi connectivity index (χ1v) is 7.63. The lowest BCUT2D eigenvalue weighted by Crippen LogP contribution is -2.37. The van der Waals surface area contributed by atoms with Crippen molar-refractivity contribution in [3.8, 4) is 5.75 Å². The molecular formula is C16H17N5O2. The fourth-order valence-electron chi connectivity index (χ4n) is 2.93. The molecule has 0 spiro atoms. The number of aromatic hydroxyl groups is 1. The normalized spacial score (nSPS) is 15.0. The molecule has 1 N–H and O–H groups in total. The van der Waals surface area contributed by atoms with Crippen molar-refractivity contribution < 1.29 is 5.11 Å². The highest BCUT2D eigenvalue weighted by Crippen LogP contribution is 2.14. The molecule has 0 atom stereocenters. The monoisotopic (exact) mass is 311 g/mol. The number of nitrogens with zero attached hydrogens (tertiary/aromatic N) is 5. The van der Waals surface area contributed by atoms with E-state index in [0.717, 1.165) is 36.4 Å². The van der Waals surface area contributed by atoms with Crippen LogP contribution in [0.15, 0.2) is 41.3 Å². The molecule has 0 amide bonds. The van der Waals surface area contributed by atoms with Crippen LogP contribution in [-0.4, -0.2) is 42.7 Å². The van der Waals surface area contributed by atoms with Gasteiger partial charge in [0.15, 0.2) is 5.75 Å². The summed E-state index contributed by atoms with van der Waals surface area (Å²) in [6.45, 7) is 3.84. The van der Waals surface area contributed by atoms with E-state index >= 15 is 0 Å². The van der Waals surface area contributed by atoms with Crippen molar-refractivity contribution in [3.63, 3.8) is 0 Å². The molecule has 4 rings (SSSR count). The number of aromatic nitrogens is 4. The van der Waals surface area contributed by atoms with Crippen molar-refractivity contribution in [2.24, 2.45) is 0 Å². The molecule has 0 radical (unpaired) electrons. The van der Waals surface area contributed by atoms with Gasteiger partial charge in [-0.1, -0.05) is 12.1 Å². The molecule has 7 heteroatoms. The van der Waals surface area contributed by atoms with E-state index in [1.54, 1.807) is 4.80 Å². The summed E-state index contributed by atoms with van der Waals surface area (Å²) in [5.74, 6) is -0.186. The van der Waals surface area contributed by atoms with Crippen LogP contribution in [0.25, 0.3) is 11.0 Å². The lowest BCUT2D eigenvalue weighted by molar-refractivity contribution is 0.204. The third-order valence-corrected chi connectivity index (χ3v) is 4.18. The molecule has 0 saturated carbocycles. The number of fused-ring (bicyclic) bond motifs is 2. The van der Waals surface area contributed by atoms with E-state index in [-0.39, 0.29) is 11.2 Å². The first-order valence-electron chi connectivity index (χ1n) is 7.63. The number of benzene rings is 1. The minimum Gasteiger partial charge on any atom is -0.503 e. The Hall–Kier alpha value is -2.67. The first-order chi connectivity index (χ1) is 11.2. The molecule has 0 saturated heterocycles. The second kappa shape index (κ2) is 5.51. The van der Waals surface area contributed by atoms with Gasteiger partial charge in [-0.3, -0.25) is 9.69 Å². The highest BCUT2D eigenvalue weighted by molar-refractivity contribution is 5.72. The van der Waals surface area contributed by atoms with Crippen LogP contribution >= 0.6 is 0 Å². The summed E-state index contributed by atoms with van der Waals surface area (Å²) >= 11 is 0. The molecule has 0 unspecified atom stereocenters. The molecule has 3 aromatic rings. The Morgan fingerprint density at radius 1 is 1.09 bits per heavy atom. The maximum absolute atomic E-state index is 11.6. The minimum absolute atomic E-state index is 0.186. The van der Waals surface area contributed by atoms with E-state index < -0.39 is 0 Å². The summed E-state index contributed by atoms with van der Waals surface area (Å²) in [7, 11) is 0. The second-order valence-electron chi connectivity index (χ2n) is 5.77. The fraction of sp³-hybridized carbons (Fsp3) is 0.312. The Kier molecular flexibility index (Phi) is 3.34. The zero-order chi connectivity index (χ0) is 15.8. The summed E-state index contributed by atoms with van der Waals surface area (Å²) in [6.07, 6.45) is 1.52. The van der Waals surface area contributed by atoms with Crippen LogP contribution in [0.3, 0.4) is 0 Å². The summed E-state index contributed by atoms with van der Waals surface area (Å²) in [6, 6.07) is 9.33. The molecule has 7 nitrogen and oxygen atoms in total. The summed E-state index contributed by atoms with van der Waals surface area (Å²) in [5.41, 5.74) is 2.41. The highest BCUT2D eigenvalue weighted by Gasteiger charge is 2.17. The van der Waals surface area contributed by atoms with Crippen molar-refractivity contribution >= 4 is 11.0 Å². The van der Waals surface area contributed by atoms with Crippen LogP contribution in [0.2, 0.25) is 0 Å². The Morgan fingerprint density at radius 2 is 1.83 bits per heavy atom. The van der Waals surface area contributed by atoms with Crippen molar-refractivity contribution in [1.82, 2.24) is 24.5 Å². The van der Waals surface area contributed by atoms with Crippen LogP contribution in [0.4, 0.5) is 0 Å². The van der Waals surface area contributed by atoms with E-state index in [1.807, 2.05) is 28.8 Å². The number of pyridine rings is 1. The lowest BCUT2D eigenvalue weighted by Gasteiger charge is -2.29. The van der Waals surface area contributed by atoms with Crippen LogP contribution in [0, 0.1) is 0 Å². The first kappa shape index (κ1) is 14.0. The predicted octanol–water partition coefficient (Wildman–Crippen LogP) is 0.814. The summed E-state index contributed by atoms with van der Waals surface area (Å²) < 4.78 is 1.94. The van der Waals surface area contributed by atoms with Gasteiger partial charge in [-0.25, -0.2) is 0 Å². The van der Waals surface area contributed by atoms with Crippen molar-refractivity contribution in [2.45, 2.75) is 19.6 Å². The van der Waals surface area contributed by atoms with Gasteiger partial charge in [0.05, 0.1) is 12.7 Å². The molecule has 0 bridgehead atoms. The Bertz CT molecular complexity index is 881. The Morgan fingerprint density at radius 3 is 2.57 bits per heavy atom. The molecule has 1 aromatic carbocycles. The maximum atomic E-state index is 11.6. The van der Waals surface area contributed by atoms with Gasteiger partial charge < -0.3 is 9.67 Å².